The van der Waals surface area contributed by atoms with Gasteiger partial charge in [-0.25, -0.2) is 14.6 Å². The van der Waals surface area contributed by atoms with Crippen molar-refractivity contribution in [2.24, 2.45) is 0 Å². The molecule has 1 aromatic carbocycles. The van der Waals surface area contributed by atoms with Crippen molar-refractivity contribution in [2.45, 2.75) is 40.3 Å². The van der Waals surface area contributed by atoms with E-state index < -0.39 is 0 Å². The lowest BCUT2D eigenvalue weighted by Crippen LogP contribution is -2.26. The average Bonchev–Trinajstić information content (AvgIpc) is 2.99. The first-order valence-electron chi connectivity index (χ1n) is 7.39. The van der Waals surface area contributed by atoms with Gasteiger partial charge in [0.15, 0.2) is 0 Å². The van der Waals surface area contributed by atoms with Crippen LogP contribution in [-0.4, -0.2) is 24.3 Å². The first-order chi connectivity index (χ1) is 10.5. The van der Waals surface area contributed by atoms with E-state index >= 15 is 0 Å². The van der Waals surface area contributed by atoms with E-state index in [1.807, 2.05) is 39.8 Å². The van der Waals surface area contributed by atoms with Gasteiger partial charge in [0.25, 0.3) is 5.56 Å². The van der Waals surface area contributed by atoms with Gasteiger partial charge in [0, 0.05) is 6.54 Å². The van der Waals surface area contributed by atoms with Crippen LogP contribution in [0.3, 0.4) is 0 Å². The molecule has 0 saturated carbocycles. The minimum atomic E-state index is -0.214. The number of nitrogens with zero attached hydrogens (tertiary/aromatic N) is 5. The summed E-state index contributed by atoms with van der Waals surface area (Å²) in [5.74, 6) is 0.759. The molecule has 0 saturated heterocycles. The van der Waals surface area contributed by atoms with E-state index in [1.165, 1.54) is 6.33 Å². The summed E-state index contributed by atoms with van der Waals surface area (Å²) in [6, 6.07) is 3.60. The topological polar surface area (TPSA) is 65.6 Å². The van der Waals surface area contributed by atoms with Crippen LogP contribution < -0.4 is 5.56 Å². The zero-order valence-electron chi connectivity index (χ0n) is 13.2. The Kier molecular flexibility index (Phi) is 3.52. The van der Waals surface area contributed by atoms with Crippen LogP contribution in [-0.2, 0) is 6.54 Å². The third-order valence-electron chi connectivity index (χ3n) is 4.21. The van der Waals surface area contributed by atoms with Gasteiger partial charge in [-0.05, 0) is 44.9 Å². The molecule has 0 spiro atoms. The molecule has 6 heteroatoms. The summed E-state index contributed by atoms with van der Waals surface area (Å²) in [4.78, 5) is 21.6. The number of aromatic nitrogens is 5. The summed E-state index contributed by atoms with van der Waals surface area (Å²) in [5.41, 5.74) is 2.90. The summed E-state index contributed by atoms with van der Waals surface area (Å²) >= 11 is 0. The molecule has 0 radical (unpaired) electrons. The van der Waals surface area contributed by atoms with E-state index in [1.54, 1.807) is 15.6 Å². The second-order valence-corrected chi connectivity index (χ2v) is 5.47. The van der Waals surface area contributed by atoms with E-state index in [2.05, 4.69) is 15.1 Å². The standard InChI is InChI=1S/C16H19N5O/c1-5-21-15(17-8-19-21)12(4)20-9-18-14-11(3)10(2)6-7-13(14)16(20)22/h6-9,12H,5H2,1-4H3. The fraction of sp³-hybridized carbons (Fsp3) is 0.375. The van der Waals surface area contributed by atoms with Crippen LogP contribution in [0.4, 0.5) is 0 Å². The Hall–Kier alpha value is -2.50. The zero-order valence-corrected chi connectivity index (χ0v) is 13.2. The molecular weight excluding hydrogens is 278 g/mol. The van der Waals surface area contributed by atoms with Crippen molar-refractivity contribution < 1.29 is 0 Å². The van der Waals surface area contributed by atoms with Crippen molar-refractivity contribution in [2.75, 3.05) is 0 Å². The van der Waals surface area contributed by atoms with E-state index in [9.17, 15) is 4.79 Å². The van der Waals surface area contributed by atoms with Crippen molar-refractivity contribution in [1.29, 1.82) is 0 Å². The van der Waals surface area contributed by atoms with E-state index in [0.29, 0.717) is 11.9 Å². The first kappa shape index (κ1) is 14.4. The third-order valence-corrected chi connectivity index (χ3v) is 4.21. The molecule has 114 valence electrons. The molecule has 0 amide bonds. The second-order valence-electron chi connectivity index (χ2n) is 5.47. The number of hydrogen-bond donors (Lipinski definition) is 0. The Morgan fingerprint density at radius 2 is 2.00 bits per heavy atom. The highest BCUT2D eigenvalue weighted by molar-refractivity contribution is 5.81. The minimum Gasteiger partial charge on any atom is -0.288 e. The normalized spacial score (nSPS) is 12.7. The lowest BCUT2D eigenvalue weighted by Gasteiger charge is -2.16. The van der Waals surface area contributed by atoms with Crippen LogP contribution in [0.5, 0.6) is 0 Å². The van der Waals surface area contributed by atoms with Crippen LogP contribution in [0, 0.1) is 13.8 Å². The van der Waals surface area contributed by atoms with Gasteiger partial charge >= 0.3 is 0 Å². The van der Waals surface area contributed by atoms with E-state index in [4.69, 9.17) is 0 Å². The van der Waals surface area contributed by atoms with Gasteiger partial charge < -0.3 is 0 Å². The predicted molar refractivity (Wildman–Crippen MR) is 85.0 cm³/mol. The summed E-state index contributed by atoms with van der Waals surface area (Å²) in [7, 11) is 0. The monoisotopic (exact) mass is 297 g/mol. The number of benzene rings is 1. The fourth-order valence-corrected chi connectivity index (χ4v) is 2.69. The maximum atomic E-state index is 12.8. The van der Waals surface area contributed by atoms with Crippen LogP contribution in [0.1, 0.15) is 36.8 Å². The molecule has 0 bridgehead atoms. The number of fused-ring (bicyclic) bond motifs is 1. The SMILES string of the molecule is CCn1ncnc1C(C)n1cnc2c(C)c(C)ccc2c1=O. The van der Waals surface area contributed by atoms with Gasteiger partial charge in [0.2, 0.25) is 0 Å². The Balaban J connectivity index is 2.19. The maximum Gasteiger partial charge on any atom is 0.261 e. The lowest BCUT2D eigenvalue weighted by atomic mass is 10.1. The molecule has 2 heterocycles. The van der Waals surface area contributed by atoms with Gasteiger partial charge in [-0.1, -0.05) is 6.07 Å². The average molecular weight is 297 g/mol. The van der Waals surface area contributed by atoms with Crippen LogP contribution in [0.15, 0.2) is 29.6 Å². The highest BCUT2D eigenvalue weighted by Crippen LogP contribution is 2.18. The summed E-state index contributed by atoms with van der Waals surface area (Å²) < 4.78 is 3.41. The van der Waals surface area contributed by atoms with Crippen molar-refractivity contribution in [3.05, 3.63) is 52.1 Å². The van der Waals surface area contributed by atoms with Crippen molar-refractivity contribution in [1.82, 2.24) is 24.3 Å². The Labute approximate surface area is 128 Å². The molecule has 1 unspecified atom stereocenters. The van der Waals surface area contributed by atoms with E-state index in [0.717, 1.165) is 22.5 Å². The lowest BCUT2D eigenvalue weighted by molar-refractivity contribution is 0.514. The minimum absolute atomic E-state index is 0.0498. The molecule has 2 aromatic heterocycles. The van der Waals surface area contributed by atoms with Gasteiger partial charge in [-0.3, -0.25) is 9.36 Å². The highest BCUT2D eigenvalue weighted by Gasteiger charge is 2.17. The second kappa shape index (κ2) is 5.36. The molecule has 6 nitrogen and oxygen atoms in total. The first-order valence-corrected chi connectivity index (χ1v) is 7.39. The molecule has 0 aliphatic carbocycles. The molecule has 0 aliphatic heterocycles. The Morgan fingerprint density at radius 3 is 2.73 bits per heavy atom. The maximum absolute atomic E-state index is 12.8. The molecule has 0 N–H and O–H groups in total. The van der Waals surface area contributed by atoms with Gasteiger partial charge in [0.1, 0.15) is 12.2 Å². The van der Waals surface area contributed by atoms with Crippen molar-refractivity contribution in [3.8, 4) is 0 Å². The quantitative estimate of drug-likeness (QED) is 0.743. The number of hydrogen-bond acceptors (Lipinski definition) is 4. The fourth-order valence-electron chi connectivity index (χ4n) is 2.69. The summed E-state index contributed by atoms with van der Waals surface area (Å²) in [6.45, 7) is 8.66. The highest BCUT2D eigenvalue weighted by atomic mass is 16.1. The molecular formula is C16H19N5O. The van der Waals surface area contributed by atoms with Crippen LogP contribution in [0.2, 0.25) is 0 Å². The van der Waals surface area contributed by atoms with Gasteiger partial charge in [-0.15, -0.1) is 0 Å². The molecule has 3 rings (SSSR count). The summed E-state index contributed by atoms with van der Waals surface area (Å²) in [5, 5.41) is 4.81. The van der Waals surface area contributed by atoms with Gasteiger partial charge in [-0.2, -0.15) is 5.10 Å². The van der Waals surface area contributed by atoms with Gasteiger partial charge in [0.05, 0.1) is 23.3 Å². The molecule has 3 aromatic rings. The zero-order chi connectivity index (χ0) is 15.9. The number of aryl methyl sites for hydroxylation is 3. The molecule has 0 fully saturated rings. The van der Waals surface area contributed by atoms with Crippen molar-refractivity contribution >= 4 is 10.9 Å². The third kappa shape index (κ3) is 2.11. The predicted octanol–water partition coefficient (Wildman–Crippen LogP) is 2.23. The largest absolute Gasteiger partial charge is 0.288 e. The summed E-state index contributed by atoms with van der Waals surface area (Å²) in [6.07, 6.45) is 3.12. The molecule has 22 heavy (non-hydrogen) atoms. The molecule has 0 aliphatic rings. The Morgan fingerprint density at radius 1 is 1.23 bits per heavy atom. The smallest absolute Gasteiger partial charge is 0.261 e. The Bertz CT molecular complexity index is 893. The molecule has 1 atom stereocenters. The van der Waals surface area contributed by atoms with Crippen molar-refractivity contribution in [3.63, 3.8) is 0 Å². The number of rotatable bonds is 3. The van der Waals surface area contributed by atoms with Crippen LogP contribution in [0.25, 0.3) is 10.9 Å². The van der Waals surface area contributed by atoms with E-state index in [-0.39, 0.29) is 11.6 Å². The van der Waals surface area contributed by atoms with Crippen LogP contribution >= 0.6 is 0 Å².